The Kier molecular flexibility index (Phi) is 12.2. The molecule has 2 fully saturated rings. The van der Waals surface area contributed by atoms with E-state index in [0.29, 0.717) is 12.0 Å². The smallest absolute Gasteiger partial charge is 0.280 e. The van der Waals surface area contributed by atoms with Gasteiger partial charge in [0.2, 0.25) is 11.8 Å². The highest BCUT2D eigenvalue weighted by atomic mass is 32.2. The van der Waals surface area contributed by atoms with Crippen LogP contribution in [0.25, 0.3) is 0 Å². The van der Waals surface area contributed by atoms with Crippen molar-refractivity contribution in [3.05, 3.63) is 82.6 Å². The minimum absolute atomic E-state index is 0.130. The number of Topliss-reactive ketones (excluding diaryl/α,β-unsaturated/α-hetero) is 1. The molecule has 4 unspecified atom stereocenters. The zero-order chi connectivity index (χ0) is 33.2. The fourth-order valence-electron chi connectivity index (χ4n) is 5.98. The van der Waals surface area contributed by atoms with Crippen molar-refractivity contribution in [2.24, 2.45) is 5.92 Å². The van der Waals surface area contributed by atoms with E-state index in [1.165, 1.54) is 45.7 Å². The molecule has 13 nitrogen and oxygen atoms in total. The molecule has 1 aliphatic heterocycles. The van der Waals surface area contributed by atoms with Crippen molar-refractivity contribution in [1.29, 1.82) is 0 Å². The third kappa shape index (κ3) is 9.27. The molecule has 252 valence electrons. The van der Waals surface area contributed by atoms with Crippen LogP contribution in [0.5, 0.6) is 0 Å². The number of amides is 2. The Labute approximate surface area is 278 Å². The van der Waals surface area contributed by atoms with E-state index < -0.39 is 52.0 Å². The molecule has 5 rings (SSSR count). The standard InChI is InChI=1S/C32H40N6O7S2/c39-29(24-11-13-33-14-12-24)30(40)25(19-22-7-3-1-4-8-22)35-32(42)28(26-20-46-21-34-26)36-31(41)27(23-9-5-2-6-10-23)37-47(43,44)38-15-17-45-18-16-38/h2,5-6,9-14,20-22,25,27-28,30,37,40H,1,3-4,7-8,15-19H2,(H,35,42)(H,36,41). The Morgan fingerprint density at radius 3 is 2.30 bits per heavy atom. The van der Waals surface area contributed by atoms with Gasteiger partial charge in [0.05, 0.1) is 30.5 Å². The summed E-state index contributed by atoms with van der Waals surface area (Å²) in [6.45, 7) is 0.718. The predicted octanol–water partition coefficient (Wildman–Crippen LogP) is 2.30. The Balaban J connectivity index is 1.39. The molecule has 0 spiro atoms. The van der Waals surface area contributed by atoms with Gasteiger partial charge in [-0.25, -0.2) is 4.98 Å². The van der Waals surface area contributed by atoms with Crippen LogP contribution in [0.4, 0.5) is 0 Å². The number of aromatic nitrogens is 2. The summed E-state index contributed by atoms with van der Waals surface area (Å²) in [5, 5.41) is 18.5. The monoisotopic (exact) mass is 684 g/mol. The van der Waals surface area contributed by atoms with Crippen LogP contribution >= 0.6 is 11.3 Å². The van der Waals surface area contributed by atoms with Crippen molar-refractivity contribution in [3.8, 4) is 0 Å². The number of carbonyl (C=O) groups excluding carboxylic acids is 3. The van der Waals surface area contributed by atoms with Gasteiger partial charge in [-0.2, -0.15) is 17.4 Å². The minimum Gasteiger partial charge on any atom is -0.383 e. The van der Waals surface area contributed by atoms with Gasteiger partial charge in [0, 0.05) is 36.4 Å². The average Bonchev–Trinajstić information content (AvgIpc) is 3.65. The van der Waals surface area contributed by atoms with Crippen LogP contribution in [0.2, 0.25) is 0 Å². The lowest BCUT2D eigenvalue weighted by Gasteiger charge is -2.31. The highest BCUT2D eigenvalue weighted by molar-refractivity contribution is 7.87. The molecule has 47 heavy (non-hydrogen) atoms. The van der Waals surface area contributed by atoms with Crippen LogP contribution in [0, 0.1) is 5.92 Å². The maximum atomic E-state index is 14.0. The number of aliphatic hydroxyl groups is 1. The zero-order valence-electron chi connectivity index (χ0n) is 25.9. The van der Waals surface area contributed by atoms with Gasteiger partial charge < -0.3 is 20.5 Å². The molecule has 0 bridgehead atoms. The Morgan fingerprint density at radius 2 is 1.64 bits per heavy atom. The molecule has 15 heteroatoms. The summed E-state index contributed by atoms with van der Waals surface area (Å²) in [5.41, 5.74) is 2.37. The predicted molar refractivity (Wildman–Crippen MR) is 174 cm³/mol. The first-order valence-electron chi connectivity index (χ1n) is 15.7. The summed E-state index contributed by atoms with van der Waals surface area (Å²) in [4.78, 5) is 49.5. The molecule has 1 aliphatic carbocycles. The molecule has 2 amide bonds. The summed E-state index contributed by atoms with van der Waals surface area (Å²) in [5.74, 6) is -1.82. The average molecular weight is 685 g/mol. The van der Waals surface area contributed by atoms with Crippen LogP contribution in [0.1, 0.15) is 72.2 Å². The number of ketones is 1. The summed E-state index contributed by atoms with van der Waals surface area (Å²) in [6.07, 6.45) is 6.73. The van der Waals surface area contributed by atoms with Crippen molar-refractivity contribution in [2.75, 3.05) is 26.3 Å². The molecule has 0 radical (unpaired) electrons. The number of morpholine rings is 1. The van der Waals surface area contributed by atoms with Gasteiger partial charge in [0.25, 0.3) is 10.2 Å². The topological polar surface area (TPSA) is 180 Å². The number of nitrogens with zero attached hydrogens (tertiary/aromatic N) is 3. The number of carbonyl (C=O) groups is 3. The number of aliphatic hydroxyl groups excluding tert-OH is 1. The molecule has 1 aromatic carbocycles. The second-order valence-corrected chi connectivity index (χ2v) is 14.2. The van der Waals surface area contributed by atoms with Gasteiger partial charge >= 0.3 is 0 Å². The largest absolute Gasteiger partial charge is 0.383 e. The van der Waals surface area contributed by atoms with Crippen molar-refractivity contribution < 1.29 is 32.6 Å². The van der Waals surface area contributed by atoms with Gasteiger partial charge in [-0.1, -0.05) is 62.4 Å². The molecule has 2 aromatic heterocycles. The van der Waals surface area contributed by atoms with E-state index in [0.717, 1.165) is 32.1 Å². The molecule has 4 N–H and O–H groups in total. The number of hydrogen-bond acceptors (Lipinski definition) is 10. The summed E-state index contributed by atoms with van der Waals surface area (Å²) in [6, 6.07) is 7.67. The van der Waals surface area contributed by atoms with E-state index in [1.54, 1.807) is 35.7 Å². The third-order valence-corrected chi connectivity index (χ3v) is 10.7. The maximum Gasteiger partial charge on any atom is 0.280 e. The number of benzene rings is 1. The van der Waals surface area contributed by atoms with E-state index in [2.05, 4.69) is 25.3 Å². The number of rotatable bonds is 14. The highest BCUT2D eigenvalue weighted by Gasteiger charge is 2.37. The summed E-state index contributed by atoms with van der Waals surface area (Å²) in [7, 11) is -4.11. The number of hydrogen-bond donors (Lipinski definition) is 4. The van der Waals surface area contributed by atoms with Crippen LogP contribution in [-0.4, -0.2) is 83.8 Å². The lowest BCUT2D eigenvalue weighted by molar-refractivity contribution is -0.131. The second-order valence-electron chi connectivity index (χ2n) is 11.7. The SMILES string of the molecule is O=C(NC(C(=O)NC(CC1CCCCC1)C(O)C(=O)c1ccncc1)c1cscn1)C(NS(=O)(=O)N1CCOCC1)c1ccccc1. The molecule has 2 aliphatic rings. The fourth-order valence-corrected chi connectivity index (χ4v) is 7.88. The first-order valence-corrected chi connectivity index (χ1v) is 18.1. The van der Waals surface area contributed by atoms with E-state index >= 15 is 0 Å². The number of nitrogens with one attached hydrogen (secondary N) is 3. The molecule has 1 saturated carbocycles. The second kappa shape index (κ2) is 16.5. The van der Waals surface area contributed by atoms with Crippen LogP contribution in [0.3, 0.4) is 0 Å². The van der Waals surface area contributed by atoms with Crippen LogP contribution in [0.15, 0.2) is 65.7 Å². The minimum atomic E-state index is -4.11. The highest BCUT2D eigenvalue weighted by Crippen LogP contribution is 2.29. The van der Waals surface area contributed by atoms with E-state index in [1.807, 2.05) is 0 Å². The molecular formula is C32H40N6O7S2. The van der Waals surface area contributed by atoms with Crippen LogP contribution < -0.4 is 15.4 Å². The van der Waals surface area contributed by atoms with Crippen molar-refractivity contribution >= 4 is 39.1 Å². The van der Waals surface area contributed by atoms with Gasteiger partial charge in [-0.3, -0.25) is 19.4 Å². The molecule has 3 aromatic rings. The Hall–Kier alpha value is -3.60. The quantitative estimate of drug-likeness (QED) is 0.185. The van der Waals surface area contributed by atoms with Gasteiger partial charge in [-0.05, 0) is 30.0 Å². The Morgan fingerprint density at radius 1 is 0.957 bits per heavy atom. The zero-order valence-corrected chi connectivity index (χ0v) is 27.5. The molecular weight excluding hydrogens is 645 g/mol. The number of thiazole rings is 1. The first kappa shape index (κ1) is 34.7. The normalized spacial score (nSPS) is 18.8. The van der Waals surface area contributed by atoms with E-state index in [4.69, 9.17) is 4.74 Å². The van der Waals surface area contributed by atoms with Crippen molar-refractivity contribution in [3.63, 3.8) is 0 Å². The van der Waals surface area contributed by atoms with E-state index in [-0.39, 0.29) is 43.5 Å². The van der Waals surface area contributed by atoms with Gasteiger partial charge in [-0.15, -0.1) is 11.3 Å². The molecule has 1 saturated heterocycles. The van der Waals surface area contributed by atoms with Crippen molar-refractivity contribution in [1.82, 2.24) is 29.6 Å². The first-order chi connectivity index (χ1) is 22.7. The van der Waals surface area contributed by atoms with Gasteiger partial charge in [0.1, 0.15) is 12.1 Å². The Bertz CT molecular complexity index is 1570. The lowest BCUT2D eigenvalue weighted by Crippen LogP contribution is -2.53. The summed E-state index contributed by atoms with van der Waals surface area (Å²) < 4.78 is 35.7. The third-order valence-electron chi connectivity index (χ3n) is 8.52. The lowest BCUT2D eigenvalue weighted by atomic mass is 9.82. The number of ether oxygens (including phenoxy) is 1. The molecule has 3 heterocycles. The fraction of sp³-hybridized carbons (Fsp3) is 0.469. The van der Waals surface area contributed by atoms with Crippen molar-refractivity contribution in [2.45, 2.75) is 62.8 Å². The maximum absolute atomic E-state index is 14.0. The van der Waals surface area contributed by atoms with E-state index in [9.17, 15) is 27.9 Å². The number of pyridine rings is 1. The van der Waals surface area contributed by atoms with Crippen LogP contribution in [-0.2, 0) is 24.5 Å². The summed E-state index contributed by atoms with van der Waals surface area (Å²) >= 11 is 1.22. The van der Waals surface area contributed by atoms with Gasteiger partial charge in [0.15, 0.2) is 11.8 Å². The molecule has 4 atom stereocenters.